The molecule has 0 radical (unpaired) electrons. The van der Waals surface area contributed by atoms with Crippen molar-refractivity contribution in [1.82, 2.24) is 0 Å². The Kier molecular flexibility index (Phi) is 7.85. The van der Waals surface area contributed by atoms with E-state index in [1.54, 1.807) is 0 Å². The second-order valence-corrected chi connectivity index (χ2v) is 8.29. The first kappa shape index (κ1) is 24.8. The summed E-state index contributed by atoms with van der Waals surface area (Å²) in [5.41, 5.74) is 17.9. The Morgan fingerprint density at radius 3 is 1.32 bits per heavy atom. The molecule has 0 fully saturated rings. The summed E-state index contributed by atoms with van der Waals surface area (Å²) in [6, 6.07) is 12.2. The molecule has 0 aromatic heterocycles. The normalized spacial score (nSPS) is 13.0. The second-order valence-electron chi connectivity index (χ2n) is 8.29. The van der Waals surface area contributed by atoms with Crippen LogP contribution in [0.4, 0.5) is 0 Å². The molecule has 31 heavy (non-hydrogen) atoms. The van der Waals surface area contributed by atoms with Crippen LogP contribution < -0.4 is 11.5 Å². The molecular formula is C27H33ClN2O. The maximum absolute atomic E-state index is 11.2. The fourth-order valence-electron chi connectivity index (χ4n) is 4.52. The average molecular weight is 437 g/mol. The quantitative estimate of drug-likeness (QED) is 0.413. The minimum atomic E-state index is -0.719. The zero-order valence-electron chi connectivity index (χ0n) is 18.0. The summed E-state index contributed by atoms with van der Waals surface area (Å²) < 4.78 is 0. The van der Waals surface area contributed by atoms with Crippen molar-refractivity contribution < 1.29 is 5.11 Å². The Bertz CT molecular complexity index is 895. The third-order valence-corrected chi connectivity index (χ3v) is 6.17. The smallest absolute Gasteiger partial charge is 0.105 e. The van der Waals surface area contributed by atoms with Gasteiger partial charge in [-0.3, -0.25) is 0 Å². The topological polar surface area (TPSA) is 72.3 Å². The van der Waals surface area contributed by atoms with E-state index in [2.05, 4.69) is 38.4 Å². The predicted molar refractivity (Wildman–Crippen MR) is 134 cm³/mol. The fourth-order valence-corrected chi connectivity index (χ4v) is 4.52. The van der Waals surface area contributed by atoms with Crippen LogP contribution in [0.2, 0.25) is 0 Å². The van der Waals surface area contributed by atoms with E-state index in [-0.39, 0.29) is 12.4 Å². The molecule has 2 aromatic rings. The van der Waals surface area contributed by atoms with E-state index >= 15 is 0 Å². The maximum atomic E-state index is 11.2. The lowest BCUT2D eigenvalue weighted by molar-refractivity contribution is 0.224. The van der Waals surface area contributed by atoms with Crippen LogP contribution in [0, 0.1) is 0 Å². The van der Waals surface area contributed by atoms with Crippen molar-refractivity contribution in [1.29, 1.82) is 0 Å². The zero-order valence-corrected chi connectivity index (χ0v) is 18.8. The van der Waals surface area contributed by atoms with Crippen molar-refractivity contribution in [3.8, 4) is 11.1 Å². The first-order valence-corrected chi connectivity index (χ1v) is 10.3. The highest BCUT2D eigenvalue weighted by molar-refractivity contribution is 5.85. The van der Waals surface area contributed by atoms with Crippen molar-refractivity contribution in [2.45, 2.75) is 42.9 Å². The number of halogens is 1. The van der Waals surface area contributed by atoms with Crippen molar-refractivity contribution in [2.75, 3.05) is 0 Å². The van der Waals surface area contributed by atoms with Gasteiger partial charge in [0.2, 0.25) is 0 Å². The summed E-state index contributed by atoms with van der Waals surface area (Å²) >= 11 is 0. The molecule has 5 N–H and O–H groups in total. The monoisotopic (exact) mass is 436 g/mol. The van der Waals surface area contributed by atoms with Crippen LogP contribution in [0.1, 0.15) is 54.0 Å². The van der Waals surface area contributed by atoms with Crippen molar-refractivity contribution in [3.05, 3.63) is 109 Å². The SMILES string of the molecule is C=CCC(N)(CC=C)c1ccc2c(c1)C(O)c1cc(C(N)(CC=C)CC=C)ccc1-2.Cl. The summed E-state index contributed by atoms with van der Waals surface area (Å²) in [4.78, 5) is 0. The van der Waals surface area contributed by atoms with Gasteiger partial charge in [0, 0.05) is 11.1 Å². The highest BCUT2D eigenvalue weighted by atomic mass is 35.5. The third-order valence-electron chi connectivity index (χ3n) is 6.17. The second kappa shape index (κ2) is 9.80. The van der Waals surface area contributed by atoms with E-state index in [0.29, 0.717) is 25.7 Å². The number of aliphatic hydroxyl groups is 1. The number of hydrogen-bond donors (Lipinski definition) is 3. The molecule has 2 aromatic carbocycles. The van der Waals surface area contributed by atoms with Crippen molar-refractivity contribution in [3.63, 3.8) is 0 Å². The lowest BCUT2D eigenvalue weighted by Crippen LogP contribution is -2.35. The van der Waals surface area contributed by atoms with E-state index in [4.69, 9.17) is 11.5 Å². The molecule has 0 atom stereocenters. The standard InChI is InChI=1S/C27H32N2O.ClH/c1-5-13-26(28,14-6-2)19-9-11-21-22-12-10-20(27(29,15-7-3)16-8-4)18-24(22)25(30)23(21)17-19;/h5-12,17-18,25,30H,1-4,13-16,28-29H2;1H. The molecule has 0 saturated heterocycles. The Labute approximate surface area is 192 Å². The number of nitrogens with two attached hydrogens (primary N) is 2. The molecule has 0 saturated carbocycles. The number of benzene rings is 2. The molecule has 0 bridgehead atoms. The number of rotatable bonds is 10. The van der Waals surface area contributed by atoms with Crippen LogP contribution >= 0.6 is 12.4 Å². The van der Waals surface area contributed by atoms with Crippen LogP contribution in [-0.2, 0) is 11.1 Å². The summed E-state index contributed by atoms with van der Waals surface area (Å²) in [5, 5.41) is 11.2. The predicted octanol–water partition coefficient (Wildman–Crippen LogP) is 5.78. The van der Waals surface area contributed by atoms with Gasteiger partial charge in [0.1, 0.15) is 6.10 Å². The molecule has 0 spiro atoms. The lowest BCUT2D eigenvalue weighted by atomic mass is 9.83. The van der Waals surface area contributed by atoms with E-state index in [1.807, 2.05) is 48.6 Å². The molecule has 4 heteroatoms. The molecule has 0 heterocycles. The van der Waals surface area contributed by atoms with Crippen LogP contribution in [0.25, 0.3) is 11.1 Å². The van der Waals surface area contributed by atoms with E-state index in [9.17, 15) is 5.11 Å². The zero-order chi connectivity index (χ0) is 21.9. The Morgan fingerprint density at radius 1 is 0.710 bits per heavy atom. The molecule has 1 aliphatic rings. The Morgan fingerprint density at radius 2 is 1.03 bits per heavy atom. The van der Waals surface area contributed by atoms with Gasteiger partial charge in [0.25, 0.3) is 0 Å². The summed E-state index contributed by atoms with van der Waals surface area (Å²) in [7, 11) is 0. The molecular weight excluding hydrogens is 404 g/mol. The number of hydrogen-bond acceptors (Lipinski definition) is 3. The first-order chi connectivity index (χ1) is 14.3. The van der Waals surface area contributed by atoms with Crippen molar-refractivity contribution in [2.24, 2.45) is 11.5 Å². The van der Waals surface area contributed by atoms with Gasteiger partial charge in [-0.15, -0.1) is 38.7 Å². The average Bonchev–Trinajstić information content (AvgIpc) is 3.00. The molecule has 1 aliphatic carbocycles. The van der Waals surface area contributed by atoms with E-state index in [1.165, 1.54) is 0 Å². The minimum absolute atomic E-state index is 0. The largest absolute Gasteiger partial charge is 0.384 e. The van der Waals surface area contributed by atoms with Gasteiger partial charge < -0.3 is 16.6 Å². The number of fused-ring (bicyclic) bond motifs is 3. The highest BCUT2D eigenvalue weighted by Crippen LogP contribution is 2.46. The van der Waals surface area contributed by atoms with E-state index < -0.39 is 17.2 Å². The molecule has 3 nitrogen and oxygen atoms in total. The number of aliphatic hydroxyl groups excluding tert-OH is 1. The molecule has 164 valence electrons. The first-order valence-electron chi connectivity index (χ1n) is 10.3. The van der Waals surface area contributed by atoms with Crippen LogP contribution in [0.3, 0.4) is 0 Å². The van der Waals surface area contributed by atoms with Gasteiger partial charge in [0.15, 0.2) is 0 Å². The molecule has 3 rings (SSSR count). The third kappa shape index (κ3) is 4.46. The molecule has 0 amide bonds. The van der Waals surface area contributed by atoms with Crippen molar-refractivity contribution >= 4 is 12.4 Å². The van der Waals surface area contributed by atoms with Gasteiger partial charge in [-0.1, -0.05) is 60.7 Å². The molecule has 0 unspecified atom stereocenters. The highest BCUT2D eigenvalue weighted by Gasteiger charge is 2.33. The van der Waals surface area contributed by atoms with Gasteiger partial charge in [-0.2, -0.15) is 0 Å². The summed E-state index contributed by atoms with van der Waals surface area (Å²) in [6.07, 6.45) is 9.11. The fraction of sp³-hybridized carbons (Fsp3) is 0.259. The summed E-state index contributed by atoms with van der Waals surface area (Å²) in [5.74, 6) is 0. The van der Waals surface area contributed by atoms with Crippen LogP contribution in [0.15, 0.2) is 87.0 Å². The van der Waals surface area contributed by atoms with Crippen LogP contribution in [0.5, 0.6) is 0 Å². The van der Waals surface area contributed by atoms with Gasteiger partial charge in [-0.05, 0) is 59.1 Å². The Hall–Kier alpha value is -2.43. The van der Waals surface area contributed by atoms with Gasteiger partial charge >= 0.3 is 0 Å². The van der Waals surface area contributed by atoms with Gasteiger partial charge in [-0.25, -0.2) is 0 Å². The van der Waals surface area contributed by atoms with Crippen LogP contribution in [-0.4, -0.2) is 5.11 Å². The Balaban J connectivity index is 0.00000341. The maximum Gasteiger partial charge on any atom is 0.105 e. The molecule has 0 aliphatic heterocycles. The minimum Gasteiger partial charge on any atom is -0.384 e. The lowest BCUT2D eigenvalue weighted by Gasteiger charge is -2.28. The summed E-state index contributed by atoms with van der Waals surface area (Å²) in [6.45, 7) is 15.4. The van der Waals surface area contributed by atoms with E-state index in [0.717, 1.165) is 33.4 Å². The van der Waals surface area contributed by atoms with Gasteiger partial charge in [0.05, 0.1) is 0 Å².